The fraction of sp³-hybridized carbons (Fsp3) is 0.364. The zero-order valence-corrected chi connectivity index (χ0v) is 9.73. The molecule has 2 heterocycles. The molecular weight excluding hydrogens is 208 g/mol. The SMILES string of the molecule is CCNCc1cc(-c2sccc2C)on1. The third-order valence-corrected chi connectivity index (χ3v) is 3.23. The van der Waals surface area contributed by atoms with Crippen LogP contribution in [-0.4, -0.2) is 11.7 Å². The van der Waals surface area contributed by atoms with E-state index in [1.54, 1.807) is 11.3 Å². The number of aryl methyl sites for hydroxylation is 1. The fourth-order valence-corrected chi connectivity index (χ4v) is 2.25. The Labute approximate surface area is 93.1 Å². The van der Waals surface area contributed by atoms with Crippen LogP contribution in [0.15, 0.2) is 22.0 Å². The first-order valence-electron chi connectivity index (χ1n) is 5.02. The van der Waals surface area contributed by atoms with Crippen LogP contribution in [0.5, 0.6) is 0 Å². The molecule has 0 aromatic carbocycles. The van der Waals surface area contributed by atoms with Crippen LogP contribution in [0, 0.1) is 6.92 Å². The second kappa shape index (κ2) is 4.59. The monoisotopic (exact) mass is 222 g/mol. The molecule has 4 heteroatoms. The van der Waals surface area contributed by atoms with Gasteiger partial charge in [0, 0.05) is 12.6 Å². The predicted molar refractivity (Wildman–Crippen MR) is 61.9 cm³/mol. The lowest BCUT2D eigenvalue weighted by Crippen LogP contribution is -2.11. The maximum atomic E-state index is 5.31. The van der Waals surface area contributed by atoms with Crippen molar-refractivity contribution in [2.45, 2.75) is 20.4 Å². The zero-order chi connectivity index (χ0) is 10.7. The van der Waals surface area contributed by atoms with Gasteiger partial charge in [0.05, 0.1) is 10.6 Å². The lowest BCUT2D eigenvalue weighted by Gasteiger charge is -1.93. The highest BCUT2D eigenvalue weighted by molar-refractivity contribution is 7.13. The van der Waals surface area contributed by atoms with Crippen molar-refractivity contribution in [1.82, 2.24) is 10.5 Å². The van der Waals surface area contributed by atoms with E-state index in [2.05, 4.69) is 35.8 Å². The number of nitrogens with zero attached hydrogens (tertiary/aromatic N) is 1. The molecule has 2 rings (SSSR count). The van der Waals surface area contributed by atoms with Crippen molar-refractivity contribution in [3.63, 3.8) is 0 Å². The van der Waals surface area contributed by atoms with Gasteiger partial charge < -0.3 is 9.84 Å². The van der Waals surface area contributed by atoms with E-state index in [1.165, 1.54) is 10.4 Å². The molecule has 0 unspecified atom stereocenters. The minimum absolute atomic E-state index is 0.768. The highest BCUT2D eigenvalue weighted by Crippen LogP contribution is 2.29. The number of hydrogen-bond acceptors (Lipinski definition) is 4. The second-order valence-electron chi connectivity index (χ2n) is 3.40. The summed E-state index contributed by atoms with van der Waals surface area (Å²) in [5.41, 5.74) is 2.20. The van der Waals surface area contributed by atoms with Crippen LogP contribution in [0.1, 0.15) is 18.2 Å². The van der Waals surface area contributed by atoms with Crippen molar-refractivity contribution >= 4 is 11.3 Å². The molecule has 0 fully saturated rings. The molecule has 0 atom stereocenters. The molecule has 0 radical (unpaired) electrons. The van der Waals surface area contributed by atoms with Gasteiger partial charge in [0.2, 0.25) is 0 Å². The van der Waals surface area contributed by atoms with Gasteiger partial charge in [0.1, 0.15) is 0 Å². The fourth-order valence-electron chi connectivity index (χ4n) is 1.38. The van der Waals surface area contributed by atoms with E-state index >= 15 is 0 Å². The summed E-state index contributed by atoms with van der Waals surface area (Å²) in [5.74, 6) is 0.871. The molecule has 80 valence electrons. The highest BCUT2D eigenvalue weighted by Gasteiger charge is 2.09. The molecule has 0 aliphatic carbocycles. The van der Waals surface area contributed by atoms with Gasteiger partial charge in [0.25, 0.3) is 0 Å². The maximum absolute atomic E-state index is 5.31. The lowest BCUT2D eigenvalue weighted by atomic mass is 10.2. The Morgan fingerprint density at radius 1 is 1.53 bits per heavy atom. The molecule has 1 N–H and O–H groups in total. The van der Waals surface area contributed by atoms with E-state index in [-0.39, 0.29) is 0 Å². The quantitative estimate of drug-likeness (QED) is 0.864. The molecule has 0 amide bonds. The molecule has 2 aromatic heterocycles. The molecule has 0 saturated heterocycles. The molecule has 0 bridgehead atoms. The Balaban J connectivity index is 2.17. The van der Waals surface area contributed by atoms with Gasteiger partial charge >= 0.3 is 0 Å². The molecule has 0 saturated carbocycles. The lowest BCUT2D eigenvalue weighted by molar-refractivity contribution is 0.421. The number of aromatic nitrogens is 1. The van der Waals surface area contributed by atoms with Crippen molar-refractivity contribution in [1.29, 1.82) is 0 Å². The Hall–Kier alpha value is -1.13. The smallest absolute Gasteiger partial charge is 0.177 e. The Morgan fingerprint density at radius 2 is 2.40 bits per heavy atom. The van der Waals surface area contributed by atoms with Crippen LogP contribution in [-0.2, 0) is 6.54 Å². The Kier molecular flexibility index (Phi) is 3.18. The van der Waals surface area contributed by atoms with Gasteiger partial charge in [-0.25, -0.2) is 0 Å². The van der Waals surface area contributed by atoms with Crippen molar-refractivity contribution < 1.29 is 4.52 Å². The summed E-state index contributed by atoms with van der Waals surface area (Å²) < 4.78 is 5.31. The van der Waals surface area contributed by atoms with Crippen molar-refractivity contribution in [3.8, 4) is 10.6 Å². The largest absolute Gasteiger partial charge is 0.355 e. The van der Waals surface area contributed by atoms with Crippen molar-refractivity contribution in [3.05, 3.63) is 28.8 Å². The van der Waals surface area contributed by atoms with E-state index in [4.69, 9.17) is 4.52 Å². The van der Waals surface area contributed by atoms with Crippen LogP contribution < -0.4 is 5.32 Å². The van der Waals surface area contributed by atoms with E-state index in [1.807, 2.05) is 6.07 Å². The molecule has 3 nitrogen and oxygen atoms in total. The van der Waals surface area contributed by atoms with Crippen LogP contribution in [0.2, 0.25) is 0 Å². The molecule has 2 aromatic rings. The minimum Gasteiger partial charge on any atom is -0.355 e. The Bertz CT molecular complexity index is 433. The maximum Gasteiger partial charge on any atom is 0.177 e. The summed E-state index contributed by atoms with van der Waals surface area (Å²) in [4.78, 5) is 1.17. The second-order valence-corrected chi connectivity index (χ2v) is 4.31. The van der Waals surface area contributed by atoms with E-state index in [9.17, 15) is 0 Å². The number of rotatable bonds is 4. The minimum atomic E-state index is 0.768. The predicted octanol–water partition coefficient (Wildman–Crippen LogP) is 2.82. The van der Waals surface area contributed by atoms with Crippen LogP contribution in [0.3, 0.4) is 0 Å². The van der Waals surface area contributed by atoms with Crippen molar-refractivity contribution in [2.24, 2.45) is 0 Å². The van der Waals surface area contributed by atoms with Gasteiger partial charge in [-0.1, -0.05) is 12.1 Å². The summed E-state index contributed by atoms with van der Waals surface area (Å²) in [6.45, 7) is 5.87. The summed E-state index contributed by atoms with van der Waals surface area (Å²) in [5, 5.41) is 9.31. The molecule has 0 aliphatic rings. The van der Waals surface area contributed by atoms with E-state index in [0.717, 1.165) is 24.5 Å². The van der Waals surface area contributed by atoms with Crippen molar-refractivity contribution in [2.75, 3.05) is 6.54 Å². The standard InChI is InChI=1S/C11H14N2OS/c1-3-12-7-9-6-10(14-13-9)11-8(2)4-5-15-11/h4-6,12H,3,7H2,1-2H3. The Morgan fingerprint density at radius 3 is 3.07 bits per heavy atom. The third kappa shape index (κ3) is 2.27. The van der Waals surface area contributed by atoms with Crippen LogP contribution >= 0.6 is 11.3 Å². The zero-order valence-electron chi connectivity index (χ0n) is 8.91. The average Bonchev–Trinajstić information content (AvgIpc) is 2.83. The normalized spacial score (nSPS) is 10.8. The van der Waals surface area contributed by atoms with Gasteiger partial charge in [-0.2, -0.15) is 0 Å². The van der Waals surface area contributed by atoms with Crippen LogP contribution in [0.25, 0.3) is 10.6 Å². The average molecular weight is 222 g/mol. The summed E-state index contributed by atoms with van der Waals surface area (Å²) in [6.07, 6.45) is 0. The summed E-state index contributed by atoms with van der Waals surface area (Å²) in [7, 11) is 0. The van der Waals surface area contributed by atoms with E-state index in [0.29, 0.717) is 0 Å². The van der Waals surface area contributed by atoms with Crippen LogP contribution in [0.4, 0.5) is 0 Å². The molecule has 0 spiro atoms. The summed E-state index contributed by atoms with van der Waals surface area (Å²) in [6, 6.07) is 4.09. The first-order valence-corrected chi connectivity index (χ1v) is 5.90. The number of thiophene rings is 1. The summed E-state index contributed by atoms with van der Waals surface area (Å²) >= 11 is 1.69. The van der Waals surface area contributed by atoms with E-state index < -0.39 is 0 Å². The van der Waals surface area contributed by atoms with Gasteiger partial charge in [-0.3, -0.25) is 0 Å². The topological polar surface area (TPSA) is 38.1 Å². The van der Waals surface area contributed by atoms with Gasteiger partial charge in [-0.15, -0.1) is 11.3 Å². The van der Waals surface area contributed by atoms with Gasteiger partial charge in [0.15, 0.2) is 5.76 Å². The first-order chi connectivity index (χ1) is 7.31. The highest BCUT2D eigenvalue weighted by atomic mass is 32.1. The first kappa shape index (κ1) is 10.4. The molecular formula is C11H14N2OS. The number of nitrogens with one attached hydrogen (secondary N) is 1. The van der Waals surface area contributed by atoms with Gasteiger partial charge in [-0.05, 0) is 30.5 Å². The number of hydrogen-bond donors (Lipinski definition) is 1. The third-order valence-electron chi connectivity index (χ3n) is 2.20. The molecule has 15 heavy (non-hydrogen) atoms. The molecule has 0 aliphatic heterocycles.